The molecule has 1 aromatic carbocycles. The second-order valence-electron chi connectivity index (χ2n) is 3.21. The highest BCUT2D eigenvalue weighted by Crippen LogP contribution is 2.13. The maximum Gasteiger partial charge on any atom is 0.350 e. The highest BCUT2D eigenvalue weighted by Gasteiger charge is 2.02. The van der Waals surface area contributed by atoms with Crippen LogP contribution >= 0.6 is 0 Å². The largest absolute Gasteiger partial charge is 0.350 e. The van der Waals surface area contributed by atoms with Crippen molar-refractivity contribution in [1.29, 1.82) is 0 Å². The van der Waals surface area contributed by atoms with Gasteiger partial charge in [0.15, 0.2) is 0 Å². The van der Waals surface area contributed by atoms with Gasteiger partial charge < -0.3 is 0 Å². The molecule has 2 rings (SSSR count). The van der Waals surface area contributed by atoms with Crippen LogP contribution < -0.4 is 4.57 Å². The second kappa shape index (κ2) is 4.46. The third-order valence-corrected chi connectivity index (χ3v) is 2.05. The number of aromatic nitrogens is 1. The van der Waals surface area contributed by atoms with Crippen LogP contribution in [0.3, 0.4) is 0 Å². The predicted octanol–water partition coefficient (Wildman–Crippen LogP) is 2.93. The first-order valence-electron chi connectivity index (χ1n) is 4.78. The van der Waals surface area contributed by atoms with Crippen molar-refractivity contribution in [3.05, 3.63) is 54.7 Å². The minimum Gasteiger partial charge on any atom is -0.232 e. The van der Waals surface area contributed by atoms with Gasteiger partial charge in [0.05, 0.1) is 18.4 Å². The summed E-state index contributed by atoms with van der Waals surface area (Å²) in [6.07, 6.45) is 1.94. The third kappa shape index (κ3) is 2.47. The van der Waals surface area contributed by atoms with E-state index in [-0.39, 0.29) is 0 Å². The first kappa shape index (κ1) is 9.52. The van der Waals surface area contributed by atoms with Gasteiger partial charge in [-0.05, 0) is 23.3 Å². The molecule has 0 atom stereocenters. The molecule has 2 aromatic rings. The van der Waals surface area contributed by atoms with Crippen LogP contribution in [0.25, 0.3) is 0 Å². The van der Waals surface area contributed by atoms with E-state index in [9.17, 15) is 0 Å². The highest BCUT2D eigenvalue weighted by atomic mass is 15.2. The molecule has 0 fully saturated rings. The van der Waals surface area contributed by atoms with Crippen LogP contribution in [0.4, 0.5) is 11.5 Å². The Hall–Kier alpha value is -2.03. The van der Waals surface area contributed by atoms with E-state index in [0.29, 0.717) is 0 Å². The van der Waals surface area contributed by atoms with Gasteiger partial charge in [-0.2, -0.15) is 0 Å². The van der Waals surface area contributed by atoms with Crippen LogP contribution in [0.15, 0.2) is 65.0 Å². The SMILES string of the molecule is C[n+]1ccccc1N=Nc1ccccc1. The summed E-state index contributed by atoms with van der Waals surface area (Å²) in [5.74, 6) is 0.835. The van der Waals surface area contributed by atoms with Gasteiger partial charge in [-0.25, -0.2) is 4.57 Å². The molecular formula is C12H12N3+. The summed E-state index contributed by atoms with van der Waals surface area (Å²) in [5, 5.41) is 8.31. The number of benzene rings is 1. The number of pyridine rings is 1. The van der Waals surface area contributed by atoms with Gasteiger partial charge in [0.25, 0.3) is 0 Å². The number of rotatable bonds is 2. The molecule has 0 spiro atoms. The summed E-state index contributed by atoms with van der Waals surface area (Å²) in [6.45, 7) is 0. The summed E-state index contributed by atoms with van der Waals surface area (Å²) in [5.41, 5.74) is 0.862. The molecule has 0 aliphatic carbocycles. The van der Waals surface area contributed by atoms with Gasteiger partial charge in [-0.15, -0.1) is 0 Å². The van der Waals surface area contributed by atoms with E-state index < -0.39 is 0 Å². The Morgan fingerprint density at radius 3 is 2.33 bits per heavy atom. The fraction of sp³-hybridized carbons (Fsp3) is 0.0833. The standard InChI is InChI=1S/C12H12N3/c1-15-10-6-5-9-12(15)14-13-11-7-3-2-4-8-11/h2-10H,1H3/q+1. The van der Waals surface area contributed by atoms with Gasteiger partial charge in [-0.1, -0.05) is 24.3 Å². The van der Waals surface area contributed by atoms with Crippen molar-refractivity contribution >= 4 is 11.5 Å². The van der Waals surface area contributed by atoms with Crippen LogP contribution in [0, 0.1) is 0 Å². The third-order valence-electron chi connectivity index (χ3n) is 2.05. The van der Waals surface area contributed by atoms with Crippen LogP contribution in [0.1, 0.15) is 0 Å². The zero-order valence-corrected chi connectivity index (χ0v) is 8.54. The van der Waals surface area contributed by atoms with Gasteiger partial charge >= 0.3 is 5.82 Å². The van der Waals surface area contributed by atoms with Crippen LogP contribution in [0.5, 0.6) is 0 Å². The van der Waals surface area contributed by atoms with Crippen LogP contribution in [-0.4, -0.2) is 0 Å². The summed E-state index contributed by atoms with van der Waals surface area (Å²) in [7, 11) is 1.94. The molecule has 0 saturated carbocycles. The maximum atomic E-state index is 4.16. The van der Waals surface area contributed by atoms with Crippen molar-refractivity contribution in [2.45, 2.75) is 0 Å². The summed E-state index contributed by atoms with van der Waals surface area (Å²) in [4.78, 5) is 0. The molecule has 0 saturated heterocycles. The van der Waals surface area contributed by atoms with Crippen molar-refractivity contribution in [3.63, 3.8) is 0 Å². The van der Waals surface area contributed by atoms with Crippen molar-refractivity contribution in [3.8, 4) is 0 Å². The first-order valence-corrected chi connectivity index (χ1v) is 4.78. The molecule has 0 N–H and O–H groups in total. The molecule has 0 unspecified atom stereocenters. The van der Waals surface area contributed by atoms with E-state index in [1.165, 1.54) is 0 Å². The summed E-state index contributed by atoms with van der Waals surface area (Å²) in [6, 6.07) is 15.5. The molecule has 0 aliphatic heterocycles. The molecule has 15 heavy (non-hydrogen) atoms. The minimum absolute atomic E-state index is 0.835. The monoisotopic (exact) mass is 198 g/mol. The number of nitrogens with zero attached hydrogens (tertiary/aromatic N) is 3. The Bertz CT molecular complexity index is 463. The van der Waals surface area contributed by atoms with Crippen molar-refractivity contribution in [2.24, 2.45) is 17.3 Å². The van der Waals surface area contributed by atoms with Crippen molar-refractivity contribution in [1.82, 2.24) is 0 Å². The number of hydrogen-bond acceptors (Lipinski definition) is 2. The average Bonchev–Trinajstić information content (AvgIpc) is 2.29. The lowest BCUT2D eigenvalue weighted by Gasteiger charge is -1.90. The first-order chi connectivity index (χ1) is 7.36. The maximum absolute atomic E-state index is 4.16. The topological polar surface area (TPSA) is 28.6 Å². The van der Waals surface area contributed by atoms with Gasteiger partial charge in [-0.3, -0.25) is 0 Å². The van der Waals surface area contributed by atoms with E-state index in [1.54, 1.807) is 0 Å². The molecular weight excluding hydrogens is 186 g/mol. The van der Waals surface area contributed by atoms with E-state index in [4.69, 9.17) is 0 Å². The van der Waals surface area contributed by atoms with E-state index >= 15 is 0 Å². The fourth-order valence-corrected chi connectivity index (χ4v) is 1.22. The molecule has 74 valence electrons. The smallest absolute Gasteiger partial charge is 0.232 e. The van der Waals surface area contributed by atoms with Gasteiger partial charge in [0.1, 0.15) is 5.69 Å². The lowest BCUT2D eigenvalue weighted by atomic mass is 10.3. The van der Waals surface area contributed by atoms with Gasteiger partial charge in [0.2, 0.25) is 0 Å². The van der Waals surface area contributed by atoms with Gasteiger partial charge in [0, 0.05) is 6.07 Å². The average molecular weight is 198 g/mol. The Morgan fingerprint density at radius 1 is 0.867 bits per heavy atom. The number of hydrogen-bond donors (Lipinski definition) is 0. The van der Waals surface area contributed by atoms with Crippen LogP contribution in [0.2, 0.25) is 0 Å². The molecule has 1 heterocycles. The van der Waals surface area contributed by atoms with Crippen molar-refractivity contribution in [2.75, 3.05) is 0 Å². The Balaban J connectivity index is 2.23. The molecule has 3 heteroatoms. The Morgan fingerprint density at radius 2 is 1.60 bits per heavy atom. The molecule has 0 amide bonds. The molecule has 0 bridgehead atoms. The zero-order valence-electron chi connectivity index (χ0n) is 8.54. The number of aryl methyl sites for hydroxylation is 1. The molecule has 1 aromatic heterocycles. The Labute approximate surface area is 88.7 Å². The van der Waals surface area contributed by atoms with E-state index in [0.717, 1.165) is 11.5 Å². The molecule has 3 nitrogen and oxygen atoms in total. The predicted molar refractivity (Wildman–Crippen MR) is 58.2 cm³/mol. The molecule has 0 aliphatic rings. The second-order valence-corrected chi connectivity index (χ2v) is 3.21. The summed E-state index contributed by atoms with van der Waals surface area (Å²) < 4.78 is 1.92. The van der Waals surface area contributed by atoms with E-state index in [1.807, 2.05) is 66.3 Å². The summed E-state index contributed by atoms with van der Waals surface area (Å²) >= 11 is 0. The number of azo groups is 1. The fourth-order valence-electron chi connectivity index (χ4n) is 1.22. The lowest BCUT2D eigenvalue weighted by molar-refractivity contribution is -0.658. The lowest BCUT2D eigenvalue weighted by Crippen LogP contribution is -2.26. The zero-order chi connectivity index (χ0) is 10.5. The normalized spacial score (nSPS) is 10.7. The quantitative estimate of drug-likeness (QED) is 0.524. The van der Waals surface area contributed by atoms with Crippen LogP contribution in [-0.2, 0) is 7.05 Å². The Kier molecular flexibility index (Phi) is 2.83. The highest BCUT2D eigenvalue weighted by molar-refractivity contribution is 5.35. The van der Waals surface area contributed by atoms with Crippen molar-refractivity contribution < 1.29 is 4.57 Å². The minimum atomic E-state index is 0.835. The molecule has 0 radical (unpaired) electrons. The van der Waals surface area contributed by atoms with E-state index in [2.05, 4.69) is 10.2 Å².